The van der Waals surface area contributed by atoms with Crippen LogP contribution in [-0.4, -0.2) is 38.5 Å². The highest BCUT2D eigenvalue weighted by Crippen LogP contribution is 2.22. The zero-order chi connectivity index (χ0) is 11.2. The molecule has 1 N–H and O–H groups in total. The number of ether oxygens (including phenoxy) is 3. The van der Waals surface area contributed by atoms with Gasteiger partial charge in [-0.3, -0.25) is 0 Å². The van der Waals surface area contributed by atoms with E-state index < -0.39 is 0 Å². The van der Waals surface area contributed by atoms with Gasteiger partial charge in [-0.15, -0.1) is 0 Å². The van der Waals surface area contributed by atoms with Gasteiger partial charge in [-0.1, -0.05) is 6.07 Å². The molecule has 16 heavy (non-hydrogen) atoms. The molecule has 88 valence electrons. The summed E-state index contributed by atoms with van der Waals surface area (Å²) in [7, 11) is 1.67. The molecule has 5 heteroatoms. The van der Waals surface area contributed by atoms with Gasteiger partial charge >= 0.3 is 0 Å². The van der Waals surface area contributed by atoms with Crippen LogP contribution in [0.15, 0.2) is 18.2 Å². The normalized spacial score (nSPS) is 16.6. The topological polar surface area (TPSA) is 52.6 Å². The maximum absolute atomic E-state index is 5.38. The van der Waals surface area contributed by atoms with E-state index in [1.807, 2.05) is 18.2 Å². The number of pyridine rings is 1. The Bertz CT molecular complexity index is 327. The fraction of sp³-hybridized carbons (Fsp3) is 0.545. The van der Waals surface area contributed by atoms with Gasteiger partial charge in [0.05, 0.1) is 25.5 Å². The Morgan fingerprint density at radius 2 is 2.25 bits per heavy atom. The van der Waals surface area contributed by atoms with E-state index >= 15 is 0 Å². The molecular formula is C11H16N2O3. The van der Waals surface area contributed by atoms with Crippen molar-refractivity contribution in [3.63, 3.8) is 0 Å². The molecule has 1 saturated heterocycles. The van der Waals surface area contributed by atoms with Gasteiger partial charge in [-0.25, -0.2) is 4.98 Å². The molecule has 1 aromatic heterocycles. The van der Waals surface area contributed by atoms with Crippen LogP contribution < -0.4 is 5.32 Å². The highest BCUT2D eigenvalue weighted by atomic mass is 16.7. The number of hydrogen-bond donors (Lipinski definition) is 1. The van der Waals surface area contributed by atoms with E-state index in [0.29, 0.717) is 19.8 Å². The fourth-order valence-corrected chi connectivity index (χ4v) is 1.49. The second-order valence-corrected chi connectivity index (χ2v) is 3.44. The largest absolute Gasteiger partial charge is 0.383 e. The summed E-state index contributed by atoms with van der Waals surface area (Å²) in [6.07, 6.45) is -0.316. The Morgan fingerprint density at radius 1 is 1.44 bits per heavy atom. The molecule has 2 heterocycles. The summed E-state index contributed by atoms with van der Waals surface area (Å²) in [5.74, 6) is 0.814. The predicted octanol–water partition coefficient (Wildman–Crippen LogP) is 1.19. The molecule has 1 aliphatic heterocycles. The van der Waals surface area contributed by atoms with Crippen molar-refractivity contribution in [2.24, 2.45) is 0 Å². The zero-order valence-corrected chi connectivity index (χ0v) is 9.31. The van der Waals surface area contributed by atoms with Gasteiger partial charge < -0.3 is 19.5 Å². The molecule has 0 unspecified atom stereocenters. The lowest BCUT2D eigenvalue weighted by Gasteiger charge is -2.10. The molecule has 1 aromatic rings. The Kier molecular flexibility index (Phi) is 4.10. The molecule has 0 amide bonds. The second kappa shape index (κ2) is 5.79. The average Bonchev–Trinajstić information content (AvgIpc) is 2.83. The quantitative estimate of drug-likeness (QED) is 0.761. The Hall–Kier alpha value is -1.17. The van der Waals surface area contributed by atoms with Crippen molar-refractivity contribution in [1.29, 1.82) is 0 Å². The molecule has 0 aromatic carbocycles. The van der Waals surface area contributed by atoms with Crippen molar-refractivity contribution < 1.29 is 14.2 Å². The van der Waals surface area contributed by atoms with Crippen LogP contribution in [0, 0.1) is 0 Å². The fourth-order valence-electron chi connectivity index (χ4n) is 1.49. The molecule has 0 aliphatic carbocycles. The molecule has 0 atom stereocenters. The summed E-state index contributed by atoms with van der Waals surface area (Å²) in [5.41, 5.74) is 0.805. The second-order valence-electron chi connectivity index (χ2n) is 3.44. The third-order valence-corrected chi connectivity index (χ3v) is 2.25. The number of anilines is 1. The molecule has 5 nitrogen and oxygen atoms in total. The van der Waals surface area contributed by atoms with Gasteiger partial charge in [0.25, 0.3) is 0 Å². The van der Waals surface area contributed by atoms with E-state index in [2.05, 4.69) is 10.3 Å². The number of hydrogen-bond acceptors (Lipinski definition) is 5. The first-order valence-electron chi connectivity index (χ1n) is 5.33. The molecule has 0 spiro atoms. The summed E-state index contributed by atoms with van der Waals surface area (Å²) in [6, 6.07) is 5.74. The van der Waals surface area contributed by atoms with Crippen LogP contribution in [-0.2, 0) is 14.2 Å². The SMILES string of the molecule is COCCNc1cccc(C2OCCO2)n1. The average molecular weight is 224 g/mol. The van der Waals surface area contributed by atoms with Crippen molar-refractivity contribution in [2.75, 3.05) is 38.8 Å². The Morgan fingerprint density at radius 3 is 3.00 bits per heavy atom. The maximum atomic E-state index is 5.38. The van der Waals surface area contributed by atoms with Crippen molar-refractivity contribution in [3.05, 3.63) is 23.9 Å². The first-order chi connectivity index (χ1) is 7.90. The Balaban J connectivity index is 1.95. The van der Waals surface area contributed by atoms with Crippen molar-refractivity contribution >= 4 is 5.82 Å². The zero-order valence-electron chi connectivity index (χ0n) is 9.31. The van der Waals surface area contributed by atoms with Crippen LogP contribution in [0.3, 0.4) is 0 Å². The first-order valence-corrected chi connectivity index (χ1v) is 5.33. The first kappa shape index (κ1) is 11.3. The summed E-state index contributed by atoms with van der Waals surface area (Å²) >= 11 is 0. The number of methoxy groups -OCH3 is 1. The van der Waals surface area contributed by atoms with Crippen molar-refractivity contribution in [2.45, 2.75) is 6.29 Å². The lowest BCUT2D eigenvalue weighted by Crippen LogP contribution is -2.10. The van der Waals surface area contributed by atoms with Gasteiger partial charge in [0, 0.05) is 13.7 Å². The van der Waals surface area contributed by atoms with Crippen molar-refractivity contribution in [3.8, 4) is 0 Å². The molecule has 2 rings (SSSR count). The molecule has 1 aliphatic rings. The monoisotopic (exact) mass is 224 g/mol. The van der Waals surface area contributed by atoms with Gasteiger partial charge in [-0.2, -0.15) is 0 Å². The highest BCUT2D eigenvalue weighted by Gasteiger charge is 2.19. The maximum Gasteiger partial charge on any atom is 0.201 e. The summed E-state index contributed by atoms with van der Waals surface area (Å²) in [5, 5.41) is 3.16. The Labute approximate surface area is 94.7 Å². The van der Waals surface area contributed by atoms with Crippen LogP contribution in [0.25, 0.3) is 0 Å². The van der Waals surface area contributed by atoms with Gasteiger partial charge in [0.15, 0.2) is 0 Å². The smallest absolute Gasteiger partial charge is 0.201 e. The molecule has 1 fully saturated rings. The number of nitrogens with one attached hydrogen (secondary N) is 1. The molecule has 0 radical (unpaired) electrons. The minimum atomic E-state index is -0.316. The third-order valence-electron chi connectivity index (χ3n) is 2.25. The van der Waals surface area contributed by atoms with Crippen LogP contribution in [0.2, 0.25) is 0 Å². The van der Waals surface area contributed by atoms with Crippen LogP contribution in [0.5, 0.6) is 0 Å². The van der Waals surface area contributed by atoms with Crippen LogP contribution in [0.1, 0.15) is 12.0 Å². The highest BCUT2D eigenvalue weighted by molar-refractivity contribution is 5.35. The number of nitrogens with zero attached hydrogens (tertiary/aromatic N) is 1. The van der Waals surface area contributed by atoms with Gasteiger partial charge in [0.1, 0.15) is 5.82 Å². The van der Waals surface area contributed by atoms with Gasteiger partial charge in [-0.05, 0) is 12.1 Å². The summed E-state index contributed by atoms with van der Waals surface area (Å²) < 4.78 is 15.7. The predicted molar refractivity (Wildman–Crippen MR) is 59.2 cm³/mol. The summed E-state index contributed by atoms with van der Waals surface area (Å²) in [4.78, 5) is 4.41. The van der Waals surface area contributed by atoms with Crippen LogP contribution in [0.4, 0.5) is 5.82 Å². The van der Waals surface area contributed by atoms with E-state index in [9.17, 15) is 0 Å². The van der Waals surface area contributed by atoms with E-state index in [1.165, 1.54) is 0 Å². The third kappa shape index (κ3) is 2.91. The number of rotatable bonds is 5. The van der Waals surface area contributed by atoms with E-state index in [4.69, 9.17) is 14.2 Å². The molecule has 0 bridgehead atoms. The van der Waals surface area contributed by atoms with E-state index in [0.717, 1.165) is 18.1 Å². The lowest BCUT2D eigenvalue weighted by molar-refractivity contribution is -0.0471. The summed E-state index contributed by atoms with van der Waals surface area (Å²) in [6.45, 7) is 2.66. The number of aromatic nitrogens is 1. The minimum Gasteiger partial charge on any atom is -0.383 e. The molecular weight excluding hydrogens is 208 g/mol. The van der Waals surface area contributed by atoms with Crippen LogP contribution >= 0.6 is 0 Å². The van der Waals surface area contributed by atoms with E-state index in [1.54, 1.807) is 7.11 Å². The minimum absolute atomic E-state index is 0.316. The van der Waals surface area contributed by atoms with Gasteiger partial charge in [0.2, 0.25) is 6.29 Å². The van der Waals surface area contributed by atoms with E-state index in [-0.39, 0.29) is 6.29 Å². The molecule has 0 saturated carbocycles. The van der Waals surface area contributed by atoms with Crippen molar-refractivity contribution in [1.82, 2.24) is 4.98 Å². The standard InChI is InChI=1S/C11H16N2O3/c1-14-6-5-12-10-4-2-3-9(13-10)11-15-7-8-16-11/h2-4,11H,5-8H2,1H3,(H,12,13). The lowest BCUT2D eigenvalue weighted by atomic mass is 10.3.